The smallest absolute Gasteiger partial charge is 0.321 e. The van der Waals surface area contributed by atoms with Crippen LogP contribution in [-0.2, 0) is 4.79 Å². The molecule has 6 nitrogen and oxygen atoms in total. The summed E-state index contributed by atoms with van der Waals surface area (Å²) in [5.41, 5.74) is 1.14. The number of carbonyl (C=O) groups is 3. The molecule has 28 heavy (non-hydrogen) atoms. The van der Waals surface area contributed by atoms with Gasteiger partial charge in [0.15, 0.2) is 11.9 Å². The highest BCUT2D eigenvalue weighted by Crippen LogP contribution is 2.18. The molecule has 0 heterocycles. The summed E-state index contributed by atoms with van der Waals surface area (Å²) in [5.74, 6) is -0.148. The number of imide groups is 1. The second-order valence-corrected chi connectivity index (χ2v) is 6.92. The Labute approximate surface area is 164 Å². The van der Waals surface area contributed by atoms with Crippen molar-refractivity contribution in [3.05, 3.63) is 65.7 Å². The molecule has 0 radical (unpaired) electrons. The molecule has 0 saturated heterocycles. The van der Waals surface area contributed by atoms with Crippen molar-refractivity contribution >= 4 is 17.7 Å². The van der Waals surface area contributed by atoms with Crippen molar-refractivity contribution in [1.82, 2.24) is 10.6 Å². The van der Waals surface area contributed by atoms with Gasteiger partial charge in [-0.2, -0.15) is 0 Å². The number of rotatable bonds is 6. The largest absolute Gasteiger partial charge is 0.481 e. The van der Waals surface area contributed by atoms with Crippen LogP contribution < -0.4 is 15.4 Å². The molecular weight excluding hydrogens is 356 g/mol. The van der Waals surface area contributed by atoms with Crippen LogP contribution in [-0.4, -0.2) is 29.9 Å². The lowest BCUT2D eigenvalue weighted by molar-refractivity contribution is -0.126. The number of amides is 3. The van der Waals surface area contributed by atoms with E-state index < -0.39 is 18.0 Å². The number of ketones is 1. The van der Waals surface area contributed by atoms with E-state index in [0.29, 0.717) is 16.9 Å². The van der Waals surface area contributed by atoms with Gasteiger partial charge in [-0.05, 0) is 44.0 Å². The molecule has 3 amide bonds. The predicted octanol–water partition coefficient (Wildman–Crippen LogP) is 3.45. The number of hydrogen-bond acceptors (Lipinski definition) is 4. The van der Waals surface area contributed by atoms with E-state index in [2.05, 4.69) is 10.6 Å². The van der Waals surface area contributed by atoms with Gasteiger partial charge >= 0.3 is 6.03 Å². The second kappa shape index (κ2) is 9.17. The van der Waals surface area contributed by atoms with E-state index in [-0.39, 0.29) is 11.8 Å². The fourth-order valence-electron chi connectivity index (χ4n) is 3.20. The minimum Gasteiger partial charge on any atom is -0.481 e. The third-order valence-electron chi connectivity index (χ3n) is 4.76. The first-order valence-corrected chi connectivity index (χ1v) is 9.51. The molecule has 0 aromatic heterocycles. The molecule has 0 spiro atoms. The summed E-state index contributed by atoms with van der Waals surface area (Å²) in [6.07, 6.45) is 3.25. The van der Waals surface area contributed by atoms with Gasteiger partial charge in [-0.15, -0.1) is 0 Å². The molecule has 2 aromatic carbocycles. The molecular formula is C22H24N2O4. The summed E-state index contributed by atoms with van der Waals surface area (Å²) < 4.78 is 5.58. The minimum absolute atomic E-state index is 0.0819. The standard InChI is InChI=1S/C22H24N2O4/c1-15(21(26)24-22(27)23-18-9-5-6-10-18)28-19-13-11-17(12-14-19)20(25)16-7-3-2-4-8-16/h2-4,7-8,11-15,18H,5-6,9-10H2,1H3,(H2,23,24,26,27). The Bertz CT molecular complexity index is 827. The van der Waals surface area contributed by atoms with Gasteiger partial charge in [0, 0.05) is 17.2 Å². The summed E-state index contributed by atoms with van der Waals surface area (Å²) in [5, 5.41) is 5.11. The molecule has 146 valence electrons. The zero-order chi connectivity index (χ0) is 19.9. The maximum Gasteiger partial charge on any atom is 0.321 e. The Hall–Kier alpha value is -3.15. The Balaban J connectivity index is 1.52. The number of benzene rings is 2. The molecule has 1 unspecified atom stereocenters. The normalized spacial score (nSPS) is 14.9. The van der Waals surface area contributed by atoms with Crippen LogP contribution in [0.1, 0.15) is 48.5 Å². The average molecular weight is 380 g/mol. The zero-order valence-corrected chi connectivity index (χ0v) is 15.8. The van der Waals surface area contributed by atoms with E-state index in [0.717, 1.165) is 25.7 Å². The van der Waals surface area contributed by atoms with E-state index >= 15 is 0 Å². The predicted molar refractivity (Wildman–Crippen MR) is 105 cm³/mol. The number of urea groups is 1. The van der Waals surface area contributed by atoms with Gasteiger partial charge in [-0.25, -0.2) is 4.79 Å². The molecule has 0 aliphatic heterocycles. The van der Waals surface area contributed by atoms with Crippen LogP contribution in [0.25, 0.3) is 0 Å². The molecule has 2 aromatic rings. The Morgan fingerprint density at radius 3 is 2.18 bits per heavy atom. The van der Waals surface area contributed by atoms with Gasteiger partial charge in [0.25, 0.3) is 5.91 Å². The molecule has 1 atom stereocenters. The van der Waals surface area contributed by atoms with Gasteiger partial charge in [-0.1, -0.05) is 43.2 Å². The zero-order valence-electron chi connectivity index (χ0n) is 15.8. The van der Waals surface area contributed by atoms with Crippen LogP contribution in [0.5, 0.6) is 5.75 Å². The van der Waals surface area contributed by atoms with Crippen molar-refractivity contribution in [2.45, 2.75) is 44.8 Å². The number of ether oxygens (including phenoxy) is 1. The van der Waals surface area contributed by atoms with Crippen molar-refractivity contribution in [1.29, 1.82) is 0 Å². The van der Waals surface area contributed by atoms with E-state index in [1.54, 1.807) is 43.3 Å². The molecule has 2 N–H and O–H groups in total. The third kappa shape index (κ3) is 5.19. The minimum atomic E-state index is -0.843. The number of carbonyl (C=O) groups excluding carboxylic acids is 3. The van der Waals surface area contributed by atoms with Crippen molar-refractivity contribution < 1.29 is 19.1 Å². The Morgan fingerprint density at radius 2 is 1.54 bits per heavy atom. The Kier molecular flexibility index (Phi) is 6.42. The molecule has 1 fully saturated rings. The van der Waals surface area contributed by atoms with E-state index in [1.165, 1.54) is 0 Å². The van der Waals surface area contributed by atoms with Crippen LogP contribution >= 0.6 is 0 Å². The van der Waals surface area contributed by atoms with Crippen molar-refractivity contribution in [2.24, 2.45) is 0 Å². The van der Waals surface area contributed by atoms with Crippen molar-refractivity contribution in [2.75, 3.05) is 0 Å². The first kappa shape index (κ1) is 19.6. The Morgan fingerprint density at radius 1 is 0.929 bits per heavy atom. The summed E-state index contributed by atoms with van der Waals surface area (Å²) in [6.45, 7) is 1.57. The van der Waals surface area contributed by atoms with Gasteiger partial charge < -0.3 is 10.1 Å². The highest BCUT2D eigenvalue weighted by atomic mass is 16.5. The van der Waals surface area contributed by atoms with E-state index in [4.69, 9.17) is 4.74 Å². The van der Waals surface area contributed by atoms with E-state index in [1.807, 2.05) is 18.2 Å². The molecule has 1 aliphatic carbocycles. The molecule has 0 bridgehead atoms. The number of hydrogen-bond donors (Lipinski definition) is 2. The van der Waals surface area contributed by atoms with Crippen molar-refractivity contribution in [3.8, 4) is 5.75 Å². The van der Waals surface area contributed by atoms with Gasteiger partial charge in [0.05, 0.1) is 0 Å². The summed E-state index contributed by atoms with van der Waals surface area (Å²) >= 11 is 0. The van der Waals surface area contributed by atoms with Crippen LogP contribution in [0.3, 0.4) is 0 Å². The lowest BCUT2D eigenvalue weighted by Gasteiger charge is -2.16. The van der Waals surface area contributed by atoms with E-state index in [9.17, 15) is 14.4 Å². The lowest BCUT2D eigenvalue weighted by atomic mass is 10.0. The fourth-order valence-corrected chi connectivity index (χ4v) is 3.20. The van der Waals surface area contributed by atoms with Gasteiger partial charge in [0.1, 0.15) is 5.75 Å². The maximum atomic E-state index is 12.4. The first-order chi connectivity index (χ1) is 13.5. The SMILES string of the molecule is CC(Oc1ccc(C(=O)c2ccccc2)cc1)C(=O)NC(=O)NC1CCCC1. The van der Waals surface area contributed by atoms with Crippen molar-refractivity contribution in [3.63, 3.8) is 0 Å². The van der Waals surface area contributed by atoms with Crippen LogP contribution in [0.2, 0.25) is 0 Å². The summed E-state index contributed by atoms with van der Waals surface area (Å²) in [6, 6.07) is 15.2. The van der Waals surface area contributed by atoms with Gasteiger partial charge in [0.2, 0.25) is 0 Å². The van der Waals surface area contributed by atoms with Crippen LogP contribution in [0.15, 0.2) is 54.6 Å². The second-order valence-electron chi connectivity index (χ2n) is 6.92. The first-order valence-electron chi connectivity index (χ1n) is 9.51. The molecule has 3 rings (SSSR count). The average Bonchev–Trinajstić information content (AvgIpc) is 3.21. The monoisotopic (exact) mass is 380 g/mol. The van der Waals surface area contributed by atoms with Gasteiger partial charge in [-0.3, -0.25) is 14.9 Å². The molecule has 1 aliphatic rings. The molecule has 1 saturated carbocycles. The highest BCUT2D eigenvalue weighted by molar-refractivity contribution is 6.09. The highest BCUT2D eigenvalue weighted by Gasteiger charge is 2.21. The fraction of sp³-hybridized carbons (Fsp3) is 0.318. The summed E-state index contributed by atoms with van der Waals surface area (Å²) in [7, 11) is 0. The van der Waals surface area contributed by atoms with Crippen LogP contribution in [0, 0.1) is 0 Å². The van der Waals surface area contributed by atoms with Crippen LogP contribution in [0.4, 0.5) is 4.79 Å². The maximum absolute atomic E-state index is 12.4. The lowest BCUT2D eigenvalue weighted by Crippen LogP contribution is -2.47. The topological polar surface area (TPSA) is 84.5 Å². The molecule has 6 heteroatoms. The third-order valence-corrected chi connectivity index (χ3v) is 4.76. The summed E-state index contributed by atoms with van der Waals surface area (Å²) in [4.78, 5) is 36.4. The quantitative estimate of drug-likeness (QED) is 0.752. The number of nitrogens with one attached hydrogen (secondary N) is 2.